The molecule has 0 aliphatic rings. The van der Waals surface area contributed by atoms with Crippen LogP contribution in [0.25, 0.3) is 16.7 Å². The maximum Gasteiger partial charge on any atom is 0.143 e. The van der Waals surface area contributed by atoms with E-state index in [9.17, 15) is 5.11 Å². The van der Waals surface area contributed by atoms with Crippen LogP contribution in [-0.4, -0.2) is 14.7 Å². The Morgan fingerprint density at radius 1 is 1.39 bits per heavy atom. The van der Waals surface area contributed by atoms with Crippen molar-refractivity contribution in [1.29, 1.82) is 0 Å². The van der Waals surface area contributed by atoms with Gasteiger partial charge in [-0.1, -0.05) is 0 Å². The Kier molecular flexibility index (Phi) is 2.57. The first-order valence-corrected chi connectivity index (χ1v) is 6.59. The zero-order chi connectivity index (χ0) is 12.7. The van der Waals surface area contributed by atoms with Crippen molar-refractivity contribution in [3.8, 4) is 5.69 Å². The van der Waals surface area contributed by atoms with E-state index in [0.29, 0.717) is 11.5 Å². The van der Waals surface area contributed by atoms with Gasteiger partial charge in [-0.05, 0) is 36.6 Å². The second-order valence-corrected chi connectivity index (χ2v) is 4.99. The SMILES string of the molecule is CC(O)c1nc2cc(N)ccc2n1-c1ccsc1. The number of nitrogens with two attached hydrogens (primary N) is 1. The monoisotopic (exact) mass is 259 g/mol. The highest BCUT2D eigenvalue weighted by Gasteiger charge is 2.16. The van der Waals surface area contributed by atoms with Gasteiger partial charge in [-0.25, -0.2) is 4.98 Å². The molecule has 1 aromatic carbocycles. The molecule has 5 heteroatoms. The summed E-state index contributed by atoms with van der Waals surface area (Å²) in [5.74, 6) is 0.633. The Morgan fingerprint density at radius 2 is 2.22 bits per heavy atom. The molecule has 0 fully saturated rings. The van der Waals surface area contributed by atoms with Gasteiger partial charge in [-0.15, -0.1) is 0 Å². The molecule has 0 saturated carbocycles. The number of anilines is 1. The van der Waals surface area contributed by atoms with E-state index in [2.05, 4.69) is 4.98 Å². The van der Waals surface area contributed by atoms with Gasteiger partial charge in [0.05, 0.1) is 16.7 Å². The number of thiophene rings is 1. The predicted molar refractivity (Wildman–Crippen MR) is 74.0 cm³/mol. The summed E-state index contributed by atoms with van der Waals surface area (Å²) >= 11 is 1.62. The standard InChI is InChI=1S/C13H13N3OS/c1-8(17)13-15-11-6-9(14)2-3-12(11)16(13)10-4-5-18-7-10/h2-8,17H,14H2,1H3. The fraction of sp³-hybridized carbons (Fsp3) is 0.154. The lowest BCUT2D eigenvalue weighted by Gasteiger charge is -2.08. The molecule has 3 aromatic rings. The van der Waals surface area contributed by atoms with Gasteiger partial charge in [-0.3, -0.25) is 4.57 Å². The Hall–Kier alpha value is -1.85. The molecule has 0 saturated heterocycles. The highest BCUT2D eigenvalue weighted by molar-refractivity contribution is 7.08. The second-order valence-electron chi connectivity index (χ2n) is 4.21. The molecule has 1 unspecified atom stereocenters. The molecule has 92 valence electrons. The molecule has 0 bridgehead atoms. The molecule has 3 N–H and O–H groups in total. The molecule has 0 aliphatic heterocycles. The Bertz CT molecular complexity index is 686. The van der Waals surface area contributed by atoms with Crippen LogP contribution < -0.4 is 5.73 Å². The first-order valence-electron chi connectivity index (χ1n) is 5.65. The Balaban J connectivity index is 2.36. The zero-order valence-electron chi connectivity index (χ0n) is 9.87. The quantitative estimate of drug-likeness (QED) is 0.695. The van der Waals surface area contributed by atoms with Crippen LogP contribution >= 0.6 is 11.3 Å². The number of imidazole rings is 1. The van der Waals surface area contributed by atoms with Gasteiger partial charge in [-0.2, -0.15) is 11.3 Å². The minimum Gasteiger partial charge on any atom is -0.399 e. The van der Waals surface area contributed by atoms with Gasteiger partial charge in [0.25, 0.3) is 0 Å². The van der Waals surface area contributed by atoms with Crippen LogP contribution in [0.3, 0.4) is 0 Å². The summed E-state index contributed by atoms with van der Waals surface area (Å²) in [4.78, 5) is 4.47. The topological polar surface area (TPSA) is 64.1 Å². The van der Waals surface area contributed by atoms with Gasteiger partial charge < -0.3 is 10.8 Å². The van der Waals surface area contributed by atoms with E-state index in [1.807, 2.05) is 39.6 Å². The third kappa shape index (κ3) is 1.68. The normalized spacial score (nSPS) is 13.0. The van der Waals surface area contributed by atoms with E-state index in [4.69, 9.17) is 5.73 Å². The summed E-state index contributed by atoms with van der Waals surface area (Å²) in [6, 6.07) is 7.61. The summed E-state index contributed by atoms with van der Waals surface area (Å²) in [5, 5.41) is 13.9. The van der Waals surface area contributed by atoms with Crippen LogP contribution in [0.5, 0.6) is 0 Å². The van der Waals surface area contributed by atoms with E-state index in [0.717, 1.165) is 16.7 Å². The van der Waals surface area contributed by atoms with E-state index in [1.165, 1.54) is 0 Å². The number of aromatic nitrogens is 2. The summed E-state index contributed by atoms with van der Waals surface area (Å²) < 4.78 is 1.97. The van der Waals surface area contributed by atoms with E-state index in [-0.39, 0.29) is 0 Å². The number of nitrogens with zero attached hydrogens (tertiary/aromatic N) is 2. The van der Waals surface area contributed by atoms with Crippen LogP contribution in [0.1, 0.15) is 18.9 Å². The fourth-order valence-corrected chi connectivity index (χ4v) is 2.67. The number of hydrogen-bond donors (Lipinski definition) is 2. The van der Waals surface area contributed by atoms with Crippen LogP contribution in [0.4, 0.5) is 5.69 Å². The molecular weight excluding hydrogens is 246 g/mol. The lowest BCUT2D eigenvalue weighted by Crippen LogP contribution is -2.03. The van der Waals surface area contributed by atoms with Crippen molar-refractivity contribution < 1.29 is 5.11 Å². The molecule has 0 amide bonds. The lowest BCUT2D eigenvalue weighted by molar-refractivity contribution is 0.187. The third-order valence-corrected chi connectivity index (χ3v) is 3.51. The Morgan fingerprint density at radius 3 is 2.89 bits per heavy atom. The molecule has 0 aliphatic carbocycles. The van der Waals surface area contributed by atoms with Crippen molar-refractivity contribution in [1.82, 2.24) is 9.55 Å². The number of fused-ring (bicyclic) bond motifs is 1. The van der Waals surface area contributed by atoms with Crippen LogP contribution in [0.2, 0.25) is 0 Å². The number of aliphatic hydroxyl groups excluding tert-OH is 1. The molecule has 0 spiro atoms. The van der Waals surface area contributed by atoms with Crippen molar-refractivity contribution in [3.05, 3.63) is 40.8 Å². The van der Waals surface area contributed by atoms with Gasteiger partial charge in [0, 0.05) is 11.1 Å². The zero-order valence-corrected chi connectivity index (χ0v) is 10.7. The highest BCUT2D eigenvalue weighted by Crippen LogP contribution is 2.27. The first-order chi connectivity index (χ1) is 8.66. The number of benzene rings is 1. The van der Waals surface area contributed by atoms with Crippen LogP contribution in [0.15, 0.2) is 35.0 Å². The predicted octanol–water partition coefficient (Wildman–Crippen LogP) is 2.72. The first kappa shape index (κ1) is 11.3. The molecule has 4 nitrogen and oxygen atoms in total. The van der Waals surface area contributed by atoms with Crippen molar-refractivity contribution in [2.75, 3.05) is 5.73 Å². The fourth-order valence-electron chi connectivity index (χ4n) is 2.05. The number of aliphatic hydroxyl groups is 1. The second kappa shape index (κ2) is 4.12. The average Bonchev–Trinajstić information content (AvgIpc) is 2.92. The van der Waals surface area contributed by atoms with Gasteiger partial charge in [0.2, 0.25) is 0 Å². The summed E-state index contributed by atoms with van der Waals surface area (Å²) in [7, 11) is 0. The van der Waals surface area contributed by atoms with E-state index >= 15 is 0 Å². The molecular formula is C13H13N3OS. The number of nitrogen functional groups attached to an aromatic ring is 1. The highest BCUT2D eigenvalue weighted by atomic mass is 32.1. The molecule has 18 heavy (non-hydrogen) atoms. The van der Waals surface area contributed by atoms with E-state index < -0.39 is 6.10 Å². The van der Waals surface area contributed by atoms with Crippen molar-refractivity contribution in [2.45, 2.75) is 13.0 Å². The minimum absolute atomic E-state index is 0.626. The van der Waals surface area contributed by atoms with Gasteiger partial charge in [0.15, 0.2) is 0 Å². The average molecular weight is 259 g/mol. The van der Waals surface area contributed by atoms with Crippen LogP contribution in [-0.2, 0) is 0 Å². The largest absolute Gasteiger partial charge is 0.399 e. The Labute approximate surface area is 108 Å². The number of hydrogen-bond acceptors (Lipinski definition) is 4. The summed E-state index contributed by atoms with van der Waals surface area (Å²) in [6.07, 6.45) is -0.626. The summed E-state index contributed by atoms with van der Waals surface area (Å²) in [6.45, 7) is 1.72. The van der Waals surface area contributed by atoms with Gasteiger partial charge >= 0.3 is 0 Å². The van der Waals surface area contributed by atoms with Crippen molar-refractivity contribution in [2.24, 2.45) is 0 Å². The maximum absolute atomic E-state index is 9.86. The van der Waals surface area contributed by atoms with Crippen molar-refractivity contribution in [3.63, 3.8) is 0 Å². The molecule has 3 rings (SSSR count). The third-order valence-electron chi connectivity index (χ3n) is 2.84. The van der Waals surface area contributed by atoms with Crippen LogP contribution in [0, 0.1) is 0 Å². The lowest BCUT2D eigenvalue weighted by atomic mass is 10.3. The molecule has 2 aromatic heterocycles. The number of rotatable bonds is 2. The molecule has 1 atom stereocenters. The van der Waals surface area contributed by atoms with E-state index in [1.54, 1.807) is 18.3 Å². The maximum atomic E-state index is 9.86. The molecule has 0 radical (unpaired) electrons. The van der Waals surface area contributed by atoms with Gasteiger partial charge in [0.1, 0.15) is 11.9 Å². The summed E-state index contributed by atoms with van der Waals surface area (Å²) in [5.41, 5.74) is 9.22. The smallest absolute Gasteiger partial charge is 0.143 e. The molecule has 2 heterocycles. The van der Waals surface area contributed by atoms with Crippen molar-refractivity contribution >= 4 is 28.1 Å². The minimum atomic E-state index is -0.626.